The van der Waals surface area contributed by atoms with E-state index in [1.54, 1.807) is 6.08 Å². The third-order valence-corrected chi connectivity index (χ3v) is 2.81. The van der Waals surface area contributed by atoms with Gasteiger partial charge in [0.25, 0.3) is 0 Å². The van der Waals surface area contributed by atoms with Crippen LogP contribution in [-0.4, -0.2) is 37.0 Å². The van der Waals surface area contributed by atoms with Crippen molar-refractivity contribution in [2.24, 2.45) is 0 Å². The Kier molecular flexibility index (Phi) is 6.81. The van der Waals surface area contributed by atoms with Crippen molar-refractivity contribution in [3.63, 3.8) is 0 Å². The van der Waals surface area contributed by atoms with Crippen LogP contribution in [0.2, 0.25) is 0 Å². The Morgan fingerprint density at radius 3 is 2.72 bits per heavy atom. The van der Waals surface area contributed by atoms with E-state index in [4.69, 9.17) is 0 Å². The SMILES string of the molecule is C=CCNCC(=O)N(CC)CCc1ccccc1. The minimum Gasteiger partial charge on any atom is -0.342 e. The predicted molar refractivity (Wildman–Crippen MR) is 75.5 cm³/mol. The summed E-state index contributed by atoms with van der Waals surface area (Å²) in [7, 11) is 0. The molecule has 0 unspecified atom stereocenters. The van der Waals surface area contributed by atoms with Crippen LogP contribution in [0, 0.1) is 0 Å². The van der Waals surface area contributed by atoms with Gasteiger partial charge in [-0.3, -0.25) is 4.79 Å². The fourth-order valence-electron chi connectivity index (χ4n) is 1.76. The lowest BCUT2D eigenvalue weighted by molar-refractivity contribution is -0.130. The highest BCUT2D eigenvalue weighted by Gasteiger charge is 2.10. The molecule has 3 nitrogen and oxygen atoms in total. The number of rotatable bonds is 8. The smallest absolute Gasteiger partial charge is 0.236 e. The first kappa shape index (κ1) is 14.5. The van der Waals surface area contributed by atoms with Gasteiger partial charge in [-0.25, -0.2) is 0 Å². The van der Waals surface area contributed by atoms with Gasteiger partial charge in [0.2, 0.25) is 5.91 Å². The standard InChI is InChI=1S/C15H22N2O/c1-3-11-16-13-15(18)17(4-2)12-10-14-8-6-5-7-9-14/h3,5-9,16H,1,4,10-13H2,2H3. The zero-order valence-electron chi connectivity index (χ0n) is 11.1. The summed E-state index contributed by atoms with van der Waals surface area (Å²) in [6, 6.07) is 10.2. The molecule has 1 aromatic carbocycles. The number of nitrogens with one attached hydrogen (secondary N) is 1. The quantitative estimate of drug-likeness (QED) is 0.561. The van der Waals surface area contributed by atoms with Crippen LogP contribution in [-0.2, 0) is 11.2 Å². The van der Waals surface area contributed by atoms with Gasteiger partial charge in [0.1, 0.15) is 0 Å². The van der Waals surface area contributed by atoms with Gasteiger partial charge in [-0.1, -0.05) is 36.4 Å². The van der Waals surface area contributed by atoms with Gasteiger partial charge in [-0.2, -0.15) is 0 Å². The number of amides is 1. The van der Waals surface area contributed by atoms with E-state index in [1.165, 1.54) is 5.56 Å². The number of hydrogen-bond donors (Lipinski definition) is 1. The van der Waals surface area contributed by atoms with Crippen LogP contribution in [0.4, 0.5) is 0 Å². The fourth-order valence-corrected chi connectivity index (χ4v) is 1.76. The predicted octanol–water partition coefficient (Wildman–Crippen LogP) is 1.85. The Balaban J connectivity index is 2.37. The first-order chi connectivity index (χ1) is 8.77. The van der Waals surface area contributed by atoms with E-state index in [0.29, 0.717) is 13.1 Å². The lowest BCUT2D eigenvalue weighted by atomic mass is 10.1. The van der Waals surface area contributed by atoms with Crippen molar-refractivity contribution in [1.82, 2.24) is 10.2 Å². The average molecular weight is 246 g/mol. The monoisotopic (exact) mass is 246 g/mol. The van der Waals surface area contributed by atoms with E-state index < -0.39 is 0 Å². The summed E-state index contributed by atoms with van der Waals surface area (Å²) in [5, 5.41) is 3.04. The maximum atomic E-state index is 11.9. The number of nitrogens with zero attached hydrogens (tertiary/aromatic N) is 1. The van der Waals surface area contributed by atoms with Crippen LogP contribution in [0.3, 0.4) is 0 Å². The summed E-state index contributed by atoms with van der Waals surface area (Å²) >= 11 is 0. The van der Waals surface area contributed by atoms with E-state index >= 15 is 0 Å². The van der Waals surface area contributed by atoms with E-state index in [9.17, 15) is 4.79 Å². The molecule has 0 bridgehead atoms. The van der Waals surface area contributed by atoms with Gasteiger partial charge in [0, 0.05) is 19.6 Å². The molecule has 0 saturated heterocycles. The van der Waals surface area contributed by atoms with Crippen molar-refractivity contribution in [3.05, 3.63) is 48.6 Å². The van der Waals surface area contributed by atoms with Crippen LogP contribution < -0.4 is 5.32 Å². The van der Waals surface area contributed by atoms with Gasteiger partial charge in [0.05, 0.1) is 6.54 Å². The van der Waals surface area contributed by atoms with Gasteiger partial charge in [0.15, 0.2) is 0 Å². The van der Waals surface area contributed by atoms with Crippen molar-refractivity contribution >= 4 is 5.91 Å². The van der Waals surface area contributed by atoms with Crippen molar-refractivity contribution in [2.75, 3.05) is 26.2 Å². The largest absolute Gasteiger partial charge is 0.342 e. The molecule has 0 saturated carbocycles. The lowest BCUT2D eigenvalue weighted by Gasteiger charge is -2.21. The molecule has 0 heterocycles. The molecule has 0 atom stereocenters. The average Bonchev–Trinajstić information content (AvgIpc) is 2.41. The molecule has 0 aliphatic rings. The molecule has 1 rings (SSSR count). The highest BCUT2D eigenvalue weighted by molar-refractivity contribution is 5.78. The normalized spacial score (nSPS) is 10.1. The third kappa shape index (κ3) is 5.15. The van der Waals surface area contributed by atoms with E-state index in [0.717, 1.165) is 19.5 Å². The van der Waals surface area contributed by atoms with Crippen molar-refractivity contribution in [3.8, 4) is 0 Å². The molecule has 1 amide bonds. The lowest BCUT2D eigenvalue weighted by Crippen LogP contribution is -2.39. The summed E-state index contributed by atoms with van der Waals surface area (Å²) in [5.74, 6) is 0.148. The van der Waals surface area contributed by atoms with Gasteiger partial charge < -0.3 is 10.2 Å². The summed E-state index contributed by atoms with van der Waals surface area (Å²) in [5.41, 5.74) is 1.27. The maximum Gasteiger partial charge on any atom is 0.236 e. The van der Waals surface area contributed by atoms with Crippen LogP contribution in [0.5, 0.6) is 0 Å². The molecule has 3 heteroatoms. The molecule has 0 aliphatic carbocycles. The van der Waals surface area contributed by atoms with Crippen molar-refractivity contribution < 1.29 is 4.79 Å². The zero-order chi connectivity index (χ0) is 13.2. The number of carbonyl (C=O) groups excluding carboxylic acids is 1. The Labute approximate surface area is 109 Å². The summed E-state index contributed by atoms with van der Waals surface area (Å²) in [4.78, 5) is 13.8. The molecule has 98 valence electrons. The maximum absolute atomic E-state index is 11.9. The topological polar surface area (TPSA) is 32.3 Å². The number of benzene rings is 1. The van der Waals surface area contributed by atoms with Crippen LogP contribution in [0.1, 0.15) is 12.5 Å². The Bertz CT molecular complexity index is 362. The molecule has 18 heavy (non-hydrogen) atoms. The van der Waals surface area contributed by atoms with Gasteiger partial charge in [-0.15, -0.1) is 6.58 Å². The van der Waals surface area contributed by atoms with Crippen LogP contribution in [0.15, 0.2) is 43.0 Å². The Morgan fingerprint density at radius 1 is 1.39 bits per heavy atom. The van der Waals surface area contributed by atoms with Crippen molar-refractivity contribution in [1.29, 1.82) is 0 Å². The first-order valence-electron chi connectivity index (χ1n) is 6.41. The number of carbonyl (C=O) groups is 1. The molecular weight excluding hydrogens is 224 g/mol. The summed E-state index contributed by atoms with van der Waals surface area (Å²) < 4.78 is 0. The molecule has 0 fully saturated rings. The minimum atomic E-state index is 0.148. The van der Waals surface area contributed by atoms with Gasteiger partial charge in [-0.05, 0) is 18.9 Å². The molecule has 0 radical (unpaired) electrons. The van der Waals surface area contributed by atoms with Gasteiger partial charge >= 0.3 is 0 Å². The molecular formula is C15H22N2O. The fraction of sp³-hybridized carbons (Fsp3) is 0.400. The van der Waals surface area contributed by atoms with E-state index in [2.05, 4.69) is 24.0 Å². The zero-order valence-corrected chi connectivity index (χ0v) is 11.1. The second-order valence-corrected chi connectivity index (χ2v) is 4.13. The second-order valence-electron chi connectivity index (χ2n) is 4.13. The highest BCUT2D eigenvalue weighted by Crippen LogP contribution is 2.01. The van der Waals surface area contributed by atoms with Crippen LogP contribution in [0.25, 0.3) is 0 Å². The third-order valence-electron chi connectivity index (χ3n) is 2.81. The molecule has 1 N–H and O–H groups in total. The second kappa shape index (κ2) is 8.48. The Morgan fingerprint density at radius 2 is 2.11 bits per heavy atom. The van der Waals surface area contributed by atoms with E-state index in [1.807, 2.05) is 30.0 Å². The molecule has 0 aliphatic heterocycles. The Hall–Kier alpha value is -1.61. The first-order valence-corrected chi connectivity index (χ1v) is 6.41. The number of hydrogen-bond acceptors (Lipinski definition) is 2. The molecule has 0 aromatic heterocycles. The van der Waals surface area contributed by atoms with Crippen molar-refractivity contribution in [2.45, 2.75) is 13.3 Å². The summed E-state index contributed by atoms with van der Waals surface area (Å²) in [6.07, 6.45) is 2.66. The molecule has 1 aromatic rings. The summed E-state index contributed by atoms with van der Waals surface area (Å²) in [6.45, 7) is 8.20. The van der Waals surface area contributed by atoms with E-state index in [-0.39, 0.29) is 5.91 Å². The number of likely N-dealkylation sites (N-methyl/N-ethyl adjacent to an activating group) is 1. The molecule has 0 spiro atoms. The highest BCUT2D eigenvalue weighted by atomic mass is 16.2. The van der Waals surface area contributed by atoms with Crippen LogP contribution >= 0.6 is 0 Å². The minimum absolute atomic E-state index is 0.148.